The summed E-state index contributed by atoms with van der Waals surface area (Å²) >= 11 is 0. The minimum atomic E-state index is -0.671. The number of anilines is 4. The van der Waals surface area contributed by atoms with Crippen molar-refractivity contribution in [2.24, 2.45) is 5.73 Å². The Labute approximate surface area is 190 Å². The fourth-order valence-electron chi connectivity index (χ4n) is 3.72. The van der Waals surface area contributed by atoms with Crippen molar-refractivity contribution in [1.82, 2.24) is 4.98 Å². The Morgan fingerprint density at radius 2 is 1.82 bits per heavy atom. The van der Waals surface area contributed by atoms with Crippen molar-refractivity contribution in [3.05, 3.63) is 77.0 Å². The summed E-state index contributed by atoms with van der Waals surface area (Å²) in [5, 5.41) is 6.28. The number of nitrogens with zero attached hydrogens (tertiary/aromatic N) is 2. The van der Waals surface area contributed by atoms with Crippen LogP contribution in [0.15, 0.2) is 48.7 Å². The third-order valence-electron chi connectivity index (χ3n) is 5.42. The van der Waals surface area contributed by atoms with Gasteiger partial charge < -0.3 is 26.0 Å². The molecule has 1 aliphatic rings. The number of benzene rings is 2. The molecule has 3 aromatic rings. The van der Waals surface area contributed by atoms with Crippen LogP contribution in [0.2, 0.25) is 0 Å². The number of pyridine rings is 1. The van der Waals surface area contributed by atoms with Crippen molar-refractivity contribution < 1.29 is 18.3 Å². The molecular formula is C24H25F2N5O2. The number of hydrogen-bond acceptors (Lipinski definition) is 6. The SMILES string of the molecule is Cc1cc(N2CCOCC2)ccc1Nc1cc(NCc2cc(F)cc(F)c2)c(C(N)=O)cn1. The molecule has 1 aromatic heterocycles. The second-order valence-electron chi connectivity index (χ2n) is 7.83. The Hall–Kier alpha value is -3.72. The van der Waals surface area contributed by atoms with E-state index in [4.69, 9.17) is 10.5 Å². The van der Waals surface area contributed by atoms with Gasteiger partial charge in [-0.2, -0.15) is 0 Å². The summed E-state index contributed by atoms with van der Waals surface area (Å²) < 4.78 is 32.4. The number of nitrogens with two attached hydrogens (primary N) is 1. The van der Waals surface area contributed by atoms with E-state index < -0.39 is 17.5 Å². The molecule has 0 aliphatic carbocycles. The Balaban J connectivity index is 1.52. The number of carbonyl (C=O) groups is 1. The second kappa shape index (κ2) is 9.83. The van der Waals surface area contributed by atoms with Gasteiger partial charge in [-0.15, -0.1) is 0 Å². The Kier molecular flexibility index (Phi) is 6.69. The smallest absolute Gasteiger partial charge is 0.252 e. The highest BCUT2D eigenvalue weighted by molar-refractivity contribution is 5.98. The van der Waals surface area contributed by atoms with Crippen LogP contribution in [0.4, 0.5) is 31.7 Å². The maximum absolute atomic E-state index is 13.5. The number of primary amides is 1. The molecule has 4 rings (SSSR count). The molecule has 2 aromatic carbocycles. The van der Waals surface area contributed by atoms with Gasteiger partial charge in [0.2, 0.25) is 0 Å². The third kappa shape index (κ3) is 5.56. The summed E-state index contributed by atoms with van der Waals surface area (Å²) in [6, 6.07) is 11.0. The standard InChI is InChI=1S/C24H25F2N5O2/c1-15-8-19(31-4-6-33-7-5-31)2-3-21(15)30-23-12-22(20(14-29-23)24(27)32)28-13-16-9-17(25)11-18(26)10-16/h2-3,8-12,14H,4-7,13H2,1H3,(H2,27,32)(H2,28,29,30). The molecule has 0 saturated carbocycles. The Morgan fingerprint density at radius 1 is 1.09 bits per heavy atom. The number of aromatic nitrogens is 1. The van der Waals surface area contributed by atoms with E-state index in [1.54, 1.807) is 6.07 Å². The first kappa shape index (κ1) is 22.5. The number of morpholine rings is 1. The predicted octanol–water partition coefficient (Wildman–Crippen LogP) is 3.96. The van der Waals surface area contributed by atoms with Gasteiger partial charge in [0.15, 0.2) is 0 Å². The summed E-state index contributed by atoms with van der Waals surface area (Å²) in [7, 11) is 0. The molecule has 2 heterocycles. The molecule has 4 N–H and O–H groups in total. The largest absolute Gasteiger partial charge is 0.380 e. The highest BCUT2D eigenvalue weighted by atomic mass is 19.1. The summed E-state index contributed by atoms with van der Waals surface area (Å²) in [4.78, 5) is 18.4. The van der Waals surface area contributed by atoms with E-state index in [0.29, 0.717) is 30.3 Å². The maximum Gasteiger partial charge on any atom is 0.252 e. The van der Waals surface area contributed by atoms with Crippen LogP contribution in [0, 0.1) is 18.6 Å². The van der Waals surface area contributed by atoms with Crippen LogP contribution >= 0.6 is 0 Å². The van der Waals surface area contributed by atoms with E-state index >= 15 is 0 Å². The second-order valence-corrected chi connectivity index (χ2v) is 7.83. The quantitative estimate of drug-likeness (QED) is 0.502. The number of carbonyl (C=O) groups excluding carboxylic acids is 1. The summed E-state index contributed by atoms with van der Waals surface area (Å²) in [6.45, 7) is 5.24. The molecule has 0 atom stereocenters. The van der Waals surface area contributed by atoms with Gasteiger partial charge in [-0.25, -0.2) is 13.8 Å². The van der Waals surface area contributed by atoms with Crippen molar-refractivity contribution >= 4 is 28.8 Å². The molecule has 0 radical (unpaired) electrons. The van der Waals surface area contributed by atoms with Gasteiger partial charge in [-0.1, -0.05) is 0 Å². The lowest BCUT2D eigenvalue weighted by Gasteiger charge is -2.29. The lowest BCUT2D eigenvalue weighted by molar-refractivity contribution is 0.100. The fraction of sp³-hybridized carbons (Fsp3) is 0.250. The summed E-state index contributed by atoms with van der Waals surface area (Å²) in [5.74, 6) is -1.51. The molecule has 1 saturated heterocycles. The number of rotatable bonds is 7. The van der Waals surface area contributed by atoms with Crippen molar-refractivity contribution in [2.75, 3.05) is 41.8 Å². The van der Waals surface area contributed by atoms with Crippen molar-refractivity contribution in [3.8, 4) is 0 Å². The van der Waals surface area contributed by atoms with E-state index in [1.807, 2.05) is 19.1 Å². The normalized spacial score (nSPS) is 13.6. The zero-order valence-corrected chi connectivity index (χ0v) is 18.2. The van der Waals surface area contributed by atoms with Gasteiger partial charge in [0.05, 0.1) is 24.5 Å². The average Bonchev–Trinajstić information content (AvgIpc) is 2.79. The minimum Gasteiger partial charge on any atom is -0.380 e. The molecule has 172 valence electrons. The number of hydrogen-bond donors (Lipinski definition) is 3. The van der Waals surface area contributed by atoms with E-state index in [2.05, 4.69) is 26.6 Å². The molecule has 9 heteroatoms. The Morgan fingerprint density at radius 3 is 2.48 bits per heavy atom. The highest BCUT2D eigenvalue weighted by Crippen LogP contribution is 2.27. The predicted molar refractivity (Wildman–Crippen MR) is 124 cm³/mol. The lowest BCUT2D eigenvalue weighted by atomic mass is 10.1. The third-order valence-corrected chi connectivity index (χ3v) is 5.42. The summed E-state index contributed by atoms with van der Waals surface area (Å²) in [6.07, 6.45) is 1.37. The van der Waals surface area contributed by atoms with Gasteiger partial charge in [0.1, 0.15) is 17.5 Å². The first-order chi connectivity index (χ1) is 15.9. The molecule has 1 amide bonds. The molecule has 0 bridgehead atoms. The van der Waals surface area contributed by atoms with Crippen LogP contribution in [-0.2, 0) is 11.3 Å². The number of amides is 1. The Bertz CT molecular complexity index is 1150. The van der Waals surface area contributed by atoms with Gasteiger partial charge in [0, 0.05) is 49.3 Å². The van der Waals surface area contributed by atoms with Crippen molar-refractivity contribution in [3.63, 3.8) is 0 Å². The van der Waals surface area contributed by atoms with Crippen LogP contribution in [-0.4, -0.2) is 37.2 Å². The van der Waals surface area contributed by atoms with Gasteiger partial charge in [-0.05, 0) is 48.4 Å². The molecule has 0 unspecified atom stereocenters. The minimum absolute atomic E-state index is 0.103. The highest BCUT2D eigenvalue weighted by Gasteiger charge is 2.14. The lowest BCUT2D eigenvalue weighted by Crippen LogP contribution is -2.36. The monoisotopic (exact) mass is 453 g/mol. The zero-order chi connectivity index (χ0) is 23.4. The maximum atomic E-state index is 13.5. The molecule has 7 nitrogen and oxygen atoms in total. The number of halogens is 2. The fourth-order valence-corrected chi connectivity index (χ4v) is 3.72. The van der Waals surface area contributed by atoms with Gasteiger partial charge in [-0.3, -0.25) is 4.79 Å². The van der Waals surface area contributed by atoms with Gasteiger partial charge in [0.25, 0.3) is 5.91 Å². The van der Waals surface area contributed by atoms with Crippen LogP contribution in [0.1, 0.15) is 21.5 Å². The number of nitrogens with one attached hydrogen (secondary N) is 2. The van der Waals surface area contributed by atoms with E-state index in [0.717, 1.165) is 36.1 Å². The topological polar surface area (TPSA) is 92.5 Å². The van der Waals surface area contributed by atoms with E-state index in [-0.39, 0.29) is 12.1 Å². The average molecular weight is 453 g/mol. The van der Waals surface area contributed by atoms with Crippen LogP contribution in [0.5, 0.6) is 0 Å². The molecule has 1 fully saturated rings. The first-order valence-corrected chi connectivity index (χ1v) is 10.6. The van der Waals surface area contributed by atoms with Crippen molar-refractivity contribution in [2.45, 2.75) is 13.5 Å². The molecular weight excluding hydrogens is 428 g/mol. The van der Waals surface area contributed by atoms with Crippen LogP contribution < -0.4 is 21.3 Å². The number of ether oxygens (including phenoxy) is 1. The number of aryl methyl sites for hydroxylation is 1. The van der Waals surface area contributed by atoms with Crippen LogP contribution in [0.3, 0.4) is 0 Å². The van der Waals surface area contributed by atoms with Crippen molar-refractivity contribution in [1.29, 1.82) is 0 Å². The molecule has 33 heavy (non-hydrogen) atoms. The molecule has 0 spiro atoms. The van der Waals surface area contributed by atoms with E-state index in [9.17, 15) is 13.6 Å². The van der Waals surface area contributed by atoms with E-state index in [1.165, 1.54) is 18.3 Å². The zero-order valence-electron chi connectivity index (χ0n) is 18.2. The molecule has 1 aliphatic heterocycles. The van der Waals surface area contributed by atoms with Gasteiger partial charge >= 0.3 is 0 Å². The van der Waals surface area contributed by atoms with Crippen LogP contribution in [0.25, 0.3) is 0 Å². The summed E-state index contributed by atoms with van der Waals surface area (Å²) in [5.41, 5.74) is 9.48. The first-order valence-electron chi connectivity index (χ1n) is 10.6.